The molecule has 2 nitrogen and oxygen atoms in total. The molecule has 2 aromatic rings. The number of halogens is 6. The summed E-state index contributed by atoms with van der Waals surface area (Å²) >= 11 is 5.86. The van der Waals surface area contributed by atoms with Gasteiger partial charge in [0.1, 0.15) is 0 Å². The molecule has 8 heteroatoms. The number of rotatable bonds is 2. The van der Waals surface area contributed by atoms with E-state index in [1.165, 1.54) is 6.07 Å². The number of alkyl halides is 5. The van der Waals surface area contributed by atoms with E-state index in [-0.39, 0.29) is 10.7 Å². The van der Waals surface area contributed by atoms with Crippen LogP contribution >= 0.6 is 11.6 Å². The molecule has 2 rings (SSSR count). The van der Waals surface area contributed by atoms with Gasteiger partial charge in [0, 0.05) is 16.8 Å². The van der Waals surface area contributed by atoms with Crippen LogP contribution in [-0.2, 0) is 5.92 Å². The van der Waals surface area contributed by atoms with Crippen LogP contribution in [0.2, 0.25) is 5.15 Å². The van der Waals surface area contributed by atoms with Crippen molar-refractivity contribution in [2.24, 2.45) is 0 Å². The Balaban J connectivity index is 2.64. The van der Waals surface area contributed by atoms with Gasteiger partial charge < -0.3 is 0 Å². The Morgan fingerprint density at radius 2 is 1.71 bits per heavy atom. The molecule has 0 aliphatic carbocycles. The van der Waals surface area contributed by atoms with E-state index in [4.69, 9.17) is 11.6 Å². The fourth-order valence-electron chi connectivity index (χ4n) is 1.96. The molecule has 0 saturated heterocycles. The molecule has 0 spiro atoms. The molecule has 1 heterocycles. The average Bonchev–Trinajstić information content (AvgIpc) is 2.68. The zero-order valence-electron chi connectivity index (χ0n) is 10.9. The predicted molar refractivity (Wildman–Crippen MR) is 68.5 cm³/mol. The number of hydrogen-bond donors (Lipinski definition) is 1. The number of aromatic amines is 1. The third kappa shape index (κ3) is 2.62. The Labute approximate surface area is 121 Å². The molecule has 0 unspecified atom stereocenters. The lowest BCUT2D eigenvalue weighted by atomic mass is 9.96. The highest BCUT2D eigenvalue weighted by Crippen LogP contribution is 2.45. The molecular weight excluding hydrogens is 315 g/mol. The third-order valence-electron chi connectivity index (χ3n) is 3.13. The van der Waals surface area contributed by atoms with Crippen LogP contribution in [0.1, 0.15) is 16.8 Å². The minimum Gasteiger partial charge on any atom is -0.281 e. The standard InChI is InChI=1S/C13H10ClF5N2/c1-6-3-4-8(12(15,16)13(17,18)19)5-9(6)10-7(2)20-21-11(10)14/h3-5H,1-2H3,(H,20,21). The third-order valence-corrected chi connectivity index (χ3v) is 3.40. The quantitative estimate of drug-likeness (QED) is 0.774. The topological polar surface area (TPSA) is 28.7 Å². The lowest BCUT2D eigenvalue weighted by molar-refractivity contribution is -0.289. The number of H-pyrrole nitrogens is 1. The Morgan fingerprint density at radius 1 is 1.10 bits per heavy atom. The lowest BCUT2D eigenvalue weighted by Gasteiger charge is -2.21. The van der Waals surface area contributed by atoms with Crippen molar-refractivity contribution in [3.63, 3.8) is 0 Å². The van der Waals surface area contributed by atoms with E-state index in [0.717, 1.165) is 12.1 Å². The van der Waals surface area contributed by atoms with Crippen molar-refractivity contribution < 1.29 is 22.0 Å². The van der Waals surface area contributed by atoms with E-state index in [1.54, 1.807) is 13.8 Å². The summed E-state index contributed by atoms with van der Waals surface area (Å²) in [5.41, 5.74) is 0.368. The van der Waals surface area contributed by atoms with Crippen LogP contribution in [0.25, 0.3) is 11.1 Å². The molecule has 0 bridgehead atoms. The summed E-state index contributed by atoms with van der Waals surface area (Å²) in [5, 5.41) is 6.28. The molecule has 0 aliphatic rings. The SMILES string of the molecule is Cc1ccc(C(F)(F)C(F)(F)F)cc1-c1c(Cl)n[nH]c1C. The van der Waals surface area contributed by atoms with Gasteiger partial charge in [-0.25, -0.2) is 0 Å². The van der Waals surface area contributed by atoms with Crippen LogP contribution in [0.5, 0.6) is 0 Å². The van der Waals surface area contributed by atoms with Crippen molar-refractivity contribution >= 4 is 11.6 Å². The molecule has 0 saturated carbocycles. The van der Waals surface area contributed by atoms with E-state index in [1.807, 2.05) is 0 Å². The second kappa shape index (κ2) is 4.98. The number of hydrogen-bond acceptors (Lipinski definition) is 1. The first-order chi connectivity index (χ1) is 9.55. The average molecular weight is 325 g/mol. The Hall–Kier alpha value is -1.63. The van der Waals surface area contributed by atoms with Crippen molar-refractivity contribution in [1.82, 2.24) is 10.2 Å². The van der Waals surface area contributed by atoms with Crippen LogP contribution in [-0.4, -0.2) is 16.4 Å². The van der Waals surface area contributed by atoms with Gasteiger partial charge in [0.05, 0.1) is 0 Å². The second-order valence-corrected chi connectivity index (χ2v) is 4.97. The molecule has 0 amide bonds. The van der Waals surface area contributed by atoms with Gasteiger partial charge in [-0.15, -0.1) is 0 Å². The summed E-state index contributed by atoms with van der Waals surface area (Å²) in [4.78, 5) is 0. The molecule has 21 heavy (non-hydrogen) atoms. The smallest absolute Gasteiger partial charge is 0.281 e. The molecule has 114 valence electrons. The molecule has 0 radical (unpaired) electrons. The first kappa shape index (κ1) is 15.8. The summed E-state index contributed by atoms with van der Waals surface area (Å²) in [5.74, 6) is -4.93. The summed E-state index contributed by atoms with van der Waals surface area (Å²) < 4.78 is 64.2. The fraction of sp³-hybridized carbons (Fsp3) is 0.308. The first-order valence-corrected chi connectivity index (χ1v) is 6.20. The summed E-state index contributed by atoms with van der Waals surface area (Å²) in [7, 11) is 0. The maximum atomic E-state index is 13.4. The van der Waals surface area contributed by atoms with E-state index in [2.05, 4.69) is 10.2 Å². The first-order valence-electron chi connectivity index (χ1n) is 5.82. The molecule has 1 aromatic carbocycles. The Bertz CT molecular complexity index is 656. The van der Waals surface area contributed by atoms with Crippen molar-refractivity contribution in [3.05, 3.63) is 40.2 Å². The van der Waals surface area contributed by atoms with E-state index in [0.29, 0.717) is 16.8 Å². The lowest BCUT2D eigenvalue weighted by Crippen LogP contribution is -2.33. The van der Waals surface area contributed by atoms with Gasteiger partial charge in [0.15, 0.2) is 5.15 Å². The minimum absolute atomic E-state index is 0.0167. The van der Waals surface area contributed by atoms with Crippen LogP contribution in [0.4, 0.5) is 22.0 Å². The van der Waals surface area contributed by atoms with Gasteiger partial charge in [-0.05, 0) is 31.0 Å². The summed E-state index contributed by atoms with van der Waals surface area (Å²) in [6, 6.07) is 2.76. The minimum atomic E-state index is -5.66. The van der Waals surface area contributed by atoms with Gasteiger partial charge in [-0.3, -0.25) is 5.10 Å². The van der Waals surface area contributed by atoms with Crippen molar-refractivity contribution in [2.75, 3.05) is 0 Å². The summed E-state index contributed by atoms with van der Waals surface area (Å²) in [6.07, 6.45) is -5.66. The maximum Gasteiger partial charge on any atom is 0.458 e. The molecule has 0 atom stereocenters. The van der Waals surface area contributed by atoms with E-state index < -0.39 is 17.7 Å². The number of benzene rings is 1. The zero-order chi connectivity index (χ0) is 16.0. The second-order valence-electron chi connectivity index (χ2n) is 4.62. The van der Waals surface area contributed by atoms with E-state index >= 15 is 0 Å². The van der Waals surface area contributed by atoms with Crippen molar-refractivity contribution in [2.45, 2.75) is 25.9 Å². The van der Waals surface area contributed by atoms with Crippen LogP contribution < -0.4 is 0 Å². The number of nitrogens with one attached hydrogen (secondary N) is 1. The van der Waals surface area contributed by atoms with Gasteiger partial charge in [0.25, 0.3) is 0 Å². The van der Waals surface area contributed by atoms with Crippen LogP contribution in [0.3, 0.4) is 0 Å². The molecule has 1 N–H and O–H groups in total. The number of nitrogens with zero attached hydrogens (tertiary/aromatic N) is 1. The van der Waals surface area contributed by atoms with Crippen molar-refractivity contribution in [1.29, 1.82) is 0 Å². The van der Waals surface area contributed by atoms with E-state index in [9.17, 15) is 22.0 Å². The molecule has 0 fully saturated rings. The van der Waals surface area contributed by atoms with Crippen molar-refractivity contribution in [3.8, 4) is 11.1 Å². The monoisotopic (exact) mass is 324 g/mol. The van der Waals surface area contributed by atoms with Gasteiger partial charge >= 0.3 is 12.1 Å². The molecule has 0 aliphatic heterocycles. The zero-order valence-corrected chi connectivity index (χ0v) is 11.7. The van der Waals surface area contributed by atoms with Gasteiger partial charge in [-0.2, -0.15) is 27.1 Å². The molecule has 1 aromatic heterocycles. The predicted octanol–water partition coefficient (Wildman–Crippen LogP) is 5.00. The largest absolute Gasteiger partial charge is 0.458 e. The fourth-order valence-corrected chi connectivity index (χ4v) is 2.25. The number of aryl methyl sites for hydroxylation is 2. The normalized spacial score (nSPS) is 12.8. The van der Waals surface area contributed by atoms with Crippen LogP contribution in [0.15, 0.2) is 18.2 Å². The summed E-state index contributed by atoms with van der Waals surface area (Å²) in [6.45, 7) is 3.19. The highest BCUT2D eigenvalue weighted by Gasteiger charge is 2.58. The maximum absolute atomic E-state index is 13.4. The van der Waals surface area contributed by atoms with Gasteiger partial charge in [-0.1, -0.05) is 23.7 Å². The number of aromatic nitrogens is 2. The Kier molecular flexibility index (Phi) is 3.73. The van der Waals surface area contributed by atoms with Gasteiger partial charge in [0.2, 0.25) is 0 Å². The van der Waals surface area contributed by atoms with Crippen LogP contribution in [0, 0.1) is 13.8 Å². The Morgan fingerprint density at radius 3 is 2.19 bits per heavy atom. The highest BCUT2D eigenvalue weighted by molar-refractivity contribution is 6.32. The molecular formula is C13H10ClF5N2. The highest BCUT2D eigenvalue weighted by atomic mass is 35.5.